The lowest BCUT2D eigenvalue weighted by Crippen LogP contribution is -2.42. The second kappa shape index (κ2) is 7.26. The van der Waals surface area contributed by atoms with Crippen molar-refractivity contribution < 1.29 is 14.3 Å². The van der Waals surface area contributed by atoms with Crippen molar-refractivity contribution in [2.75, 3.05) is 20.8 Å². The Balaban J connectivity index is 2.54. The van der Waals surface area contributed by atoms with E-state index in [1.807, 2.05) is 44.2 Å². The summed E-state index contributed by atoms with van der Waals surface area (Å²) in [6, 6.07) is 9.99. The van der Waals surface area contributed by atoms with Gasteiger partial charge in [0.05, 0.1) is 6.54 Å². The molecule has 0 aliphatic rings. The fourth-order valence-corrected chi connectivity index (χ4v) is 1.86. The van der Waals surface area contributed by atoms with Gasteiger partial charge in [-0.05, 0) is 12.0 Å². The molecule has 1 aromatic carbocycles. The summed E-state index contributed by atoms with van der Waals surface area (Å²) >= 11 is 0. The van der Waals surface area contributed by atoms with Crippen LogP contribution >= 0.6 is 0 Å². The predicted octanol–water partition coefficient (Wildman–Crippen LogP) is 1.99. The van der Waals surface area contributed by atoms with Crippen LogP contribution in [0, 0.1) is 5.41 Å². The highest BCUT2D eigenvalue weighted by molar-refractivity contribution is 5.82. The number of amides is 1. The molecule has 4 heteroatoms. The van der Waals surface area contributed by atoms with Crippen LogP contribution in [0.25, 0.3) is 0 Å². The summed E-state index contributed by atoms with van der Waals surface area (Å²) < 4.78 is 10.1. The second-order valence-corrected chi connectivity index (χ2v) is 5.16. The Kier molecular flexibility index (Phi) is 5.99. The van der Waals surface area contributed by atoms with E-state index < -0.39 is 11.7 Å². The number of carbonyl (C=O) groups excluding carboxylic acids is 1. The van der Waals surface area contributed by atoms with E-state index in [4.69, 9.17) is 9.47 Å². The van der Waals surface area contributed by atoms with Crippen LogP contribution in [0.15, 0.2) is 30.3 Å². The Hall–Kier alpha value is -1.39. The van der Waals surface area contributed by atoms with Crippen LogP contribution < -0.4 is 5.32 Å². The Labute approximate surface area is 115 Å². The van der Waals surface area contributed by atoms with E-state index in [0.717, 1.165) is 5.56 Å². The van der Waals surface area contributed by atoms with E-state index in [1.165, 1.54) is 0 Å². The van der Waals surface area contributed by atoms with Crippen molar-refractivity contribution >= 4 is 5.91 Å². The molecule has 0 aliphatic carbocycles. The summed E-state index contributed by atoms with van der Waals surface area (Å²) in [4.78, 5) is 12.2. The summed E-state index contributed by atoms with van der Waals surface area (Å²) in [6.45, 7) is 4.22. The Morgan fingerprint density at radius 2 is 1.79 bits per heavy atom. The molecule has 1 aromatic rings. The molecule has 0 spiro atoms. The van der Waals surface area contributed by atoms with Gasteiger partial charge in [0, 0.05) is 19.6 Å². The van der Waals surface area contributed by atoms with Gasteiger partial charge in [0.15, 0.2) is 6.29 Å². The molecule has 0 fully saturated rings. The standard InChI is InChI=1S/C15H23NO3/c1-15(2,10-12-8-6-5-7-9-12)14(17)16-11-13(18-3)19-4/h5-9,13H,10-11H2,1-4H3,(H,16,17). The Bertz CT molecular complexity index is 386. The van der Waals surface area contributed by atoms with E-state index in [-0.39, 0.29) is 5.91 Å². The molecule has 0 saturated heterocycles. The number of nitrogens with one attached hydrogen (secondary N) is 1. The summed E-state index contributed by atoms with van der Waals surface area (Å²) in [5.74, 6) is -0.00421. The maximum atomic E-state index is 12.2. The first-order valence-corrected chi connectivity index (χ1v) is 6.37. The molecule has 0 radical (unpaired) electrons. The number of methoxy groups -OCH3 is 2. The number of hydrogen-bond acceptors (Lipinski definition) is 3. The number of ether oxygens (including phenoxy) is 2. The molecule has 0 bridgehead atoms. The lowest BCUT2D eigenvalue weighted by atomic mass is 9.85. The van der Waals surface area contributed by atoms with Gasteiger partial charge in [0.25, 0.3) is 0 Å². The third-order valence-corrected chi connectivity index (χ3v) is 3.06. The zero-order valence-corrected chi connectivity index (χ0v) is 12.1. The number of benzene rings is 1. The zero-order chi connectivity index (χ0) is 14.3. The van der Waals surface area contributed by atoms with Crippen LogP contribution in [0.2, 0.25) is 0 Å². The highest BCUT2D eigenvalue weighted by Gasteiger charge is 2.28. The Morgan fingerprint density at radius 1 is 1.21 bits per heavy atom. The third-order valence-electron chi connectivity index (χ3n) is 3.06. The first kappa shape index (κ1) is 15.7. The van der Waals surface area contributed by atoms with Crippen LogP contribution in [-0.4, -0.2) is 33.0 Å². The van der Waals surface area contributed by atoms with Gasteiger partial charge >= 0.3 is 0 Å². The van der Waals surface area contributed by atoms with Gasteiger partial charge in [-0.3, -0.25) is 4.79 Å². The molecule has 0 aliphatic heterocycles. The molecule has 0 aromatic heterocycles. The molecule has 0 atom stereocenters. The van der Waals surface area contributed by atoms with Gasteiger partial charge in [-0.25, -0.2) is 0 Å². The van der Waals surface area contributed by atoms with Crippen molar-refractivity contribution in [1.29, 1.82) is 0 Å². The SMILES string of the molecule is COC(CNC(=O)C(C)(C)Cc1ccccc1)OC. The lowest BCUT2D eigenvalue weighted by molar-refractivity contribution is -0.134. The smallest absolute Gasteiger partial charge is 0.226 e. The highest BCUT2D eigenvalue weighted by atomic mass is 16.7. The molecular weight excluding hydrogens is 242 g/mol. The second-order valence-electron chi connectivity index (χ2n) is 5.16. The van der Waals surface area contributed by atoms with E-state index >= 15 is 0 Å². The first-order valence-electron chi connectivity index (χ1n) is 6.37. The minimum Gasteiger partial charge on any atom is -0.354 e. The van der Waals surface area contributed by atoms with Gasteiger partial charge < -0.3 is 14.8 Å². The van der Waals surface area contributed by atoms with Crippen molar-refractivity contribution in [3.63, 3.8) is 0 Å². The van der Waals surface area contributed by atoms with Crippen molar-refractivity contribution in [2.45, 2.75) is 26.6 Å². The van der Waals surface area contributed by atoms with Gasteiger partial charge in [-0.2, -0.15) is 0 Å². The summed E-state index contributed by atoms with van der Waals surface area (Å²) in [5, 5.41) is 2.86. The van der Waals surface area contributed by atoms with Crippen LogP contribution in [0.4, 0.5) is 0 Å². The van der Waals surface area contributed by atoms with E-state index in [1.54, 1.807) is 14.2 Å². The summed E-state index contributed by atoms with van der Waals surface area (Å²) in [5.41, 5.74) is 0.686. The summed E-state index contributed by atoms with van der Waals surface area (Å²) in [6.07, 6.45) is 0.293. The van der Waals surface area contributed by atoms with Crippen molar-refractivity contribution in [3.8, 4) is 0 Å². The van der Waals surface area contributed by atoms with Gasteiger partial charge in [0.1, 0.15) is 0 Å². The molecule has 106 valence electrons. The molecule has 0 heterocycles. The quantitative estimate of drug-likeness (QED) is 0.767. The number of carbonyl (C=O) groups is 1. The zero-order valence-electron chi connectivity index (χ0n) is 12.1. The van der Waals surface area contributed by atoms with Crippen LogP contribution in [0.5, 0.6) is 0 Å². The predicted molar refractivity (Wildman–Crippen MR) is 74.7 cm³/mol. The van der Waals surface area contributed by atoms with E-state index in [0.29, 0.717) is 13.0 Å². The van der Waals surface area contributed by atoms with Crippen LogP contribution in [0.3, 0.4) is 0 Å². The van der Waals surface area contributed by atoms with Crippen molar-refractivity contribution in [1.82, 2.24) is 5.32 Å². The minimum atomic E-state index is -0.465. The van der Waals surface area contributed by atoms with Crippen LogP contribution in [0.1, 0.15) is 19.4 Å². The maximum Gasteiger partial charge on any atom is 0.226 e. The van der Waals surface area contributed by atoms with Crippen molar-refractivity contribution in [3.05, 3.63) is 35.9 Å². The normalized spacial score (nSPS) is 11.6. The monoisotopic (exact) mass is 265 g/mol. The Morgan fingerprint density at radius 3 is 2.32 bits per heavy atom. The average molecular weight is 265 g/mol. The third kappa shape index (κ3) is 5.01. The average Bonchev–Trinajstić information content (AvgIpc) is 2.40. The molecule has 4 nitrogen and oxygen atoms in total. The fourth-order valence-electron chi connectivity index (χ4n) is 1.86. The molecule has 19 heavy (non-hydrogen) atoms. The van der Waals surface area contributed by atoms with Crippen molar-refractivity contribution in [2.24, 2.45) is 5.41 Å². The lowest BCUT2D eigenvalue weighted by Gasteiger charge is -2.25. The molecule has 1 rings (SSSR count). The highest BCUT2D eigenvalue weighted by Crippen LogP contribution is 2.21. The molecule has 1 amide bonds. The minimum absolute atomic E-state index is 0.00421. The topological polar surface area (TPSA) is 47.6 Å². The molecular formula is C15H23NO3. The van der Waals surface area contributed by atoms with Gasteiger partial charge in [0.2, 0.25) is 5.91 Å². The van der Waals surface area contributed by atoms with Crippen LogP contribution in [-0.2, 0) is 20.7 Å². The number of hydrogen-bond donors (Lipinski definition) is 1. The molecule has 0 saturated carbocycles. The van der Waals surface area contributed by atoms with E-state index in [2.05, 4.69) is 5.32 Å². The molecule has 0 unspecified atom stereocenters. The largest absolute Gasteiger partial charge is 0.354 e. The van der Waals surface area contributed by atoms with E-state index in [9.17, 15) is 4.79 Å². The fraction of sp³-hybridized carbons (Fsp3) is 0.533. The van der Waals surface area contributed by atoms with Gasteiger partial charge in [-0.1, -0.05) is 44.2 Å². The number of rotatable bonds is 7. The maximum absolute atomic E-state index is 12.2. The van der Waals surface area contributed by atoms with Gasteiger partial charge in [-0.15, -0.1) is 0 Å². The summed E-state index contributed by atoms with van der Waals surface area (Å²) in [7, 11) is 3.10. The first-order chi connectivity index (χ1) is 8.99. The molecule has 1 N–H and O–H groups in total.